The number of benzene rings is 2. The number of piperidine rings is 1. The molecule has 216 valence electrons. The Hall–Kier alpha value is -4.44. The van der Waals surface area contributed by atoms with Gasteiger partial charge in [-0.1, -0.05) is 31.2 Å². The Morgan fingerprint density at radius 3 is 2.50 bits per heavy atom. The predicted octanol–water partition coefficient (Wildman–Crippen LogP) is 3.07. The van der Waals surface area contributed by atoms with Crippen molar-refractivity contribution in [3.05, 3.63) is 87.8 Å². The van der Waals surface area contributed by atoms with Crippen LogP contribution in [-0.2, 0) is 29.0 Å². The molecule has 10 nitrogen and oxygen atoms in total. The molecule has 0 spiro atoms. The van der Waals surface area contributed by atoms with Gasteiger partial charge in [-0.25, -0.2) is 9.69 Å². The number of nitrogens with zero attached hydrogens (tertiary/aromatic N) is 3. The number of pyridine rings is 1. The number of anilines is 1. The number of ether oxygens (including phenoxy) is 2. The average Bonchev–Trinajstić information content (AvgIpc) is 3.45. The lowest BCUT2D eigenvalue weighted by Gasteiger charge is -2.47. The van der Waals surface area contributed by atoms with Gasteiger partial charge in [0.1, 0.15) is 5.41 Å². The van der Waals surface area contributed by atoms with Crippen molar-refractivity contribution in [1.82, 2.24) is 14.8 Å². The summed E-state index contributed by atoms with van der Waals surface area (Å²) < 4.78 is 12.9. The molecule has 4 aliphatic heterocycles. The van der Waals surface area contributed by atoms with Crippen LogP contribution in [0.2, 0.25) is 0 Å². The van der Waals surface area contributed by atoms with E-state index in [1.54, 1.807) is 36.4 Å². The van der Waals surface area contributed by atoms with Crippen molar-refractivity contribution in [1.29, 1.82) is 0 Å². The molecule has 2 unspecified atom stereocenters. The van der Waals surface area contributed by atoms with E-state index in [4.69, 9.17) is 9.47 Å². The second-order valence-electron chi connectivity index (χ2n) is 11.8. The monoisotopic (exact) mass is 568 g/mol. The molecule has 0 saturated carbocycles. The highest BCUT2D eigenvalue weighted by Crippen LogP contribution is 2.40. The number of barbiturate groups is 1. The van der Waals surface area contributed by atoms with Crippen LogP contribution in [0.5, 0.6) is 11.5 Å². The first kappa shape index (κ1) is 26.5. The first-order chi connectivity index (χ1) is 20.3. The Morgan fingerprint density at radius 2 is 1.69 bits per heavy atom. The summed E-state index contributed by atoms with van der Waals surface area (Å²) in [5.41, 5.74) is 1.63. The van der Waals surface area contributed by atoms with Crippen LogP contribution in [0, 0.1) is 11.3 Å². The Morgan fingerprint density at radius 1 is 0.905 bits per heavy atom. The minimum atomic E-state index is -1.58. The van der Waals surface area contributed by atoms with Crippen molar-refractivity contribution in [2.45, 2.75) is 38.6 Å². The molecule has 7 rings (SSSR count). The summed E-state index contributed by atoms with van der Waals surface area (Å²) in [6.07, 6.45) is 1.84. The second-order valence-corrected chi connectivity index (χ2v) is 11.8. The number of amides is 4. The van der Waals surface area contributed by atoms with E-state index >= 15 is 0 Å². The van der Waals surface area contributed by atoms with Gasteiger partial charge >= 0.3 is 6.03 Å². The van der Waals surface area contributed by atoms with Crippen LogP contribution in [0.1, 0.15) is 36.1 Å². The molecule has 0 aliphatic carbocycles. The number of aromatic nitrogens is 1. The maximum absolute atomic E-state index is 14.5. The van der Waals surface area contributed by atoms with E-state index in [-0.39, 0.29) is 37.2 Å². The van der Waals surface area contributed by atoms with E-state index in [2.05, 4.69) is 10.2 Å². The van der Waals surface area contributed by atoms with Gasteiger partial charge in [-0.3, -0.25) is 19.7 Å². The molecule has 1 aromatic heterocycles. The molecule has 2 fully saturated rings. The molecule has 1 N–H and O–H groups in total. The number of aryl methyl sites for hydroxylation is 1. The standard InChI is InChI=1S/C32H32N4O6/c1-2-20-6-9-24(10-7-20)36-30(39)32(29(38)33-31(36)40,14-21-8-11-26-27(13-21)42-19-41-26)18-34-15-22-12-23(17-34)25-4-3-5-28(37)35(25)16-22/h3-11,13,22-23H,2,12,14-19H2,1H3,(H,33,38,40)/t22?,23-,32?/m0/s1. The van der Waals surface area contributed by atoms with Gasteiger partial charge in [0.15, 0.2) is 11.5 Å². The fourth-order valence-electron chi connectivity index (χ4n) is 7.05. The molecule has 42 heavy (non-hydrogen) atoms. The molecule has 4 aliphatic rings. The van der Waals surface area contributed by atoms with Crippen LogP contribution in [0.4, 0.5) is 10.5 Å². The van der Waals surface area contributed by atoms with E-state index in [1.807, 2.05) is 35.8 Å². The number of imide groups is 2. The minimum Gasteiger partial charge on any atom is -0.454 e. The fraction of sp³-hybridized carbons (Fsp3) is 0.375. The summed E-state index contributed by atoms with van der Waals surface area (Å²) in [5, 5.41) is 2.51. The molecule has 2 saturated heterocycles. The molecule has 5 heterocycles. The number of carbonyl (C=O) groups excluding carboxylic acids is 3. The first-order valence-corrected chi connectivity index (χ1v) is 14.4. The number of carbonyl (C=O) groups is 3. The molecular formula is C32H32N4O6. The predicted molar refractivity (Wildman–Crippen MR) is 154 cm³/mol. The van der Waals surface area contributed by atoms with Crippen molar-refractivity contribution in [2.24, 2.45) is 11.3 Å². The van der Waals surface area contributed by atoms with Crippen LogP contribution in [-0.4, -0.2) is 53.7 Å². The molecule has 4 amide bonds. The van der Waals surface area contributed by atoms with Crippen LogP contribution in [0.3, 0.4) is 0 Å². The van der Waals surface area contributed by atoms with Crippen molar-refractivity contribution in [3.63, 3.8) is 0 Å². The van der Waals surface area contributed by atoms with Crippen LogP contribution in [0.15, 0.2) is 65.5 Å². The van der Waals surface area contributed by atoms with Crippen LogP contribution < -0.4 is 25.2 Å². The fourth-order valence-corrected chi connectivity index (χ4v) is 7.05. The van der Waals surface area contributed by atoms with Gasteiger partial charge in [0, 0.05) is 43.9 Å². The number of hydrogen-bond acceptors (Lipinski definition) is 7. The smallest absolute Gasteiger partial charge is 0.335 e. The lowest BCUT2D eigenvalue weighted by atomic mass is 9.75. The zero-order valence-electron chi connectivity index (χ0n) is 23.4. The van der Waals surface area contributed by atoms with Crippen molar-refractivity contribution in [2.75, 3.05) is 31.3 Å². The minimum absolute atomic E-state index is 0.00000951. The molecular weight excluding hydrogens is 536 g/mol. The zero-order chi connectivity index (χ0) is 29.0. The van der Waals surface area contributed by atoms with E-state index in [9.17, 15) is 19.2 Å². The largest absolute Gasteiger partial charge is 0.454 e. The normalized spacial score (nSPS) is 24.9. The number of urea groups is 1. The summed E-state index contributed by atoms with van der Waals surface area (Å²) in [6, 6.07) is 17.3. The van der Waals surface area contributed by atoms with Gasteiger partial charge in [-0.15, -0.1) is 0 Å². The van der Waals surface area contributed by atoms with E-state index in [0.29, 0.717) is 36.8 Å². The Bertz CT molecular complexity index is 1650. The van der Waals surface area contributed by atoms with Crippen LogP contribution >= 0.6 is 0 Å². The van der Waals surface area contributed by atoms with E-state index < -0.39 is 23.3 Å². The lowest BCUT2D eigenvalue weighted by Crippen LogP contribution is -2.68. The van der Waals surface area contributed by atoms with Crippen molar-refractivity contribution in [3.8, 4) is 11.5 Å². The molecule has 3 atom stereocenters. The van der Waals surface area contributed by atoms with Gasteiger partial charge in [-0.05, 0) is 66.6 Å². The number of hydrogen-bond donors (Lipinski definition) is 1. The second kappa shape index (κ2) is 10.1. The van der Waals surface area contributed by atoms with Crippen LogP contribution in [0.25, 0.3) is 0 Å². The van der Waals surface area contributed by atoms with Gasteiger partial charge in [0.05, 0.1) is 5.69 Å². The quantitative estimate of drug-likeness (QED) is 0.455. The molecule has 3 aromatic rings. The SMILES string of the molecule is CCc1ccc(N2C(=O)NC(=O)C(Cc3ccc4c(c3)OCO4)(CN3CC4C[C@@H](C3)c3cccc(=O)n3C4)C2=O)cc1. The molecule has 2 bridgehead atoms. The molecule has 2 aromatic carbocycles. The van der Waals surface area contributed by atoms with Crippen molar-refractivity contribution < 1.29 is 23.9 Å². The zero-order valence-corrected chi connectivity index (χ0v) is 23.4. The Balaban J connectivity index is 1.26. The highest BCUT2D eigenvalue weighted by atomic mass is 16.7. The third-order valence-corrected chi connectivity index (χ3v) is 9.07. The third kappa shape index (κ3) is 4.37. The summed E-state index contributed by atoms with van der Waals surface area (Å²) in [7, 11) is 0. The van der Waals surface area contributed by atoms with Gasteiger partial charge < -0.3 is 18.9 Å². The highest BCUT2D eigenvalue weighted by molar-refractivity contribution is 6.30. The maximum Gasteiger partial charge on any atom is 0.335 e. The maximum atomic E-state index is 14.5. The first-order valence-electron chi connectivity index (χ1n) is 14.4. The van der Waals surface area contributed by atoms with Gasteiger partial charge in [0.25, 0.3) is 11.5 Å². The van der Waals surface area contributed by atoms with E-state index in [0.717, 1.165) is 34.6 Å². The Labute approximate surface area is 242 Å². The van der Waals surface area contributed by atoms with Gasteiger partial charge in [0.2, 0.25) is 12.7 Å². The lowest BCUT2D eigenvalue weighted by molar-refractivity contribution is -0.144. The third-order valence-electron chi connectivity index (χ3n) is 9.07. The summed E-state index contributed by atoms with van der Waals surface area (Å²) in [4.78, 5) is 57.4. The topological polar surface area (TPSA) is 110 Å². The summed E-state index contributed by atoms with van der Waals surface area (Å²) >= 11 is 0. The van der Waals surface area contributed by atoms with Crippen molar-refractivity contribution >= 4 is 23.5 Å². The summed E-state index contributed by atoms with van der Waals surface area (Å²) in [6.45, 7) is 4.12. The van der Waals surface area contributed by atoms with E-state index in [1.165, 1.54) is 0 Å². The highest BCUT2D eigenvalue weighted by Gasteiger charge is 2.56. The molecule has 0 radical (unpaired) electrons. The number of rotatable bonds is 6. The molecule has 10 heteroatoms. The van der Waals surface area contributed by atoms with Gasteiger partial charge in [-0.2, -0.15) is 0 Å². The number of likely N-dealkylation sites (tertiary alicyclic amines) is 1. The number of nitrogens with one attached hydrogen (secondary N) is 1. The number of fused-ring (bicyclic) bond motifs is 5. The Kier molecular flexibility index (Phi) is 6.38. The summed E-state index contributed by atoms with van der Waals surface area (Å²) in [5.74, 6) is 0.325. The average molecular weight is 569 g/mol.